The second kappa shape index (κ2) is 5.89. The molecule has 0 spiro atoms. The van der Waals surface area contributed by atoms with Gasteiger partial charge >= 0.3 is 0 Å². The Morgan fingerprint density at radius 3 is 2.38 bits per heavy atom. The fourth-order valence-corrected chi connectivity index (χ4v) is 2.90. The van der Waals surface area contributed by atoms with Crippen molar-refractivity contribution in [3.05, 3.63) is 90.3 Å². The van der Waals surface area contributed by atoms with Crippen molar-refractivity contribution in [2.75, 3.05) is 0 Å². The van der Waals surface area contributed by atoms with Gasteiger partial charge in [0, 0.05) is 17.0 Å². The van der Waals surface area contributed by atoms with Gasteiger partial charge in [-0.15, -0.1) is 0 Å². The molecular formula is C20H15F2N2+. The smallest absolute Gasteiger partial charge is 0.193 e. The number of hydrogen-bond acceptors (Lipinski definition) is 0. The van der Waals surface area contributed by atoms with Crippen LogP contribution in [0.3, 0.4) is 0 Å². The molecule has 0 saturated heterocycles. The minimum atomic E-state index is -0.571. The number of nitrogens with zero attached hydrogens (tertiary/aromatic N) is 1. The van der Waals surface area contributed by atoms with Gasteiger partial charge in [0.25, 0.3) is 0 Å². The maximum absolute atomic E-state index is 14.0. The zero-order chi connectivity index (χ0) is 16.5. The summed E-state index contributed by atoms with van der Waals surface area (Å²) in [5.41, 5.74) is 2.45. The Labute approximate surface area is 138 Å². The van der Waals surface area contributed by atoms with E-state index in [1.807, 2.05) is 41.2 Å². The van der Waals surface area contributed by atoms with Crippen LogP contribution in [0.2, 0.25) is 0 Å². The Hall–Kier alpha value is -3.01. The molecule has 0 saturated carbocycles. The summed E-state index contributed by atoms with van der Waals surface area (Å²) in [5.74, 6) is -1.14. The first kappa shape index (κ1) is 14.6. The Balaban J connectivity index is 1.74. The summed E-state index contributed by atoms with van der Waals surface area (Å²) in [4.78, 5) is 3.12. The summed E-state index contributed by atoms with van der Waals surface area (Å²) in [7, 11) is 0. The minimum Gasteiger partial charge on any atom is -0.349 e. The molecule has 4 rings (SSSR count). The van der Waals surface area contributed by atoms with Crippen molar-refractivity contribution < 1.29 is 13.3 Å². The predicted molar refractivity (Wildman–Crippen MR) is 89.4 cm³/mol. The third kappa shape index (κ3) is 2.67. The number of nitrogens with one attached hydrogen (secondary N) is 1. The van der Waals surface area contributed by atoms with E-state index >= 15 is 0 Å². The molecule has 118 valence electrons. The van der Waals surface area contributed by atoms with Crippen LogP contribution in [0, 0.1) is 11.6 Å². The molecule has 4 aromatic rings. The Bertz CT molecular complexity index is 987. The first-order valence-corrected chi connectivity index (χ1v) is 7.71. The average Bonchev–Trinajstić information content (AvgIpc) is 2.98. The van der Waals surface area contributed by atoms with Crippen molar-refractivity contribution in [1.82, 2.24) is 4.98 Å². The van der Waals surface area contributed by atoms with Crippen LogP contribution >= 0.6 is 0 Å². The Kier molecular flexibility index (Phi) is 3.58. The number of fused-ring (bicyclic) bond motifs is 1. The highest BCUT2D eigenvalue weighted by Crippen LogP contribution is 2.27. The van der Waals surface area contributed by atoms with E-state index < -0.39 is 11.6 Å². The zero-order valence-corrected chi connectivity index (χ0v) is 12.8. The lowest BCUT2D eigenvalue weighted by Gasteiger charge is -2.01. The summed E-state index contributed by atoms with van der Waals surface area (Å²) in [6.45, 7) is 0.735. The average molecular weight is 321 g/mol. The van der Waals surface area contributed by atoms with Gasteiger partial charge in [0.15, 0.2) is 18.9 Å². The van der Waals surface area contributed by atoms with Crippen LogP contribution in [-0.4, -0.2) is 4.98 Å². The van der Waals surface area contributed by atoms with Crippen LogP contribution in [0.5, 0.6) is 0 Å². The lowest BCUT2D eigenvalue weighted by molar-refractivity contribution is -0.687. The van der Waals surface area contributed by atoms with Crippen LogP contribution in [0.4, 0.5) is 8.78 Å². The highest BCUT2D eigenvalue weighted by molar-refractivity contribution is 5.84. The number of hydrogen-bond donors (Lipinski definition) is 1. The van der Waals surface area contributed by atoms with E-state index in [4.69, 9.17) is 0 Å². The molecule has 0 aliphatic carbocycles. The summed E-state index contributed by atoms with van der Waals surface area (Å²) in [6.07, 6.45) is 3.91. The molecule has 1 N–H and O–H groups in total. The van der Waals surface area contributed by atoms with Crippen LogP contribution < -0.4 is 4.57 Å². The third-order valence-corrected chi connectivity index (χ3v) is 4.06. The van der Waals surface area contributed by atoms with Gasteiger partial charge < -0.3 is 4.98 Å². The third-order valence-electron chi connectivity index (χ3n) is 4.06. The molecular weight excluding hydrogens is 306 g/mol. The van der Waals surface area contributed by atoms with Gasteiger partial charge in [-0.2, -0.15) is 4.57 Å². The van der Waals surface area contributed by atoms with E-state index in [1.54, 1.807) is 6.07 Å². The number of H-pyrrole nitrogens is 1. The monoisotopic (exact) mass is 321 g/mol. The van der Waals surface area contributed by atoms with Crippen molar-refractivity contribution in [2.45, 2.75) is 6.54 Å². The molecule has 2 aromatic carbocycles. The number of benzene rings is 2. The largest absolute Gasteiger partial charge is 0.349 e. The van der Waals surface area contributed by atoms with Crippen LogP contribution in [0.25, 0.3) is 22.2 Å². The van der Waals surface area contributed by atoms with Crippen molar-refractivity contribution >= 4 is 10.9 Å². The molecule has 2 heterocycles. The van der Waals surface area contributed by atoms with E-state index in [1.165, 1.54) is 23.8 Å². The van der Waals surface area contributed by atoms with Gasteiger partial charge in [-0.1, -0.05) is 36.4 Å². The zero-order valence-electron chi connectivity index (χ0n) is 12.8. The van der Waals surface area contributed by atoms with Crippen LogP contribution in [0.1, 0.15) is 5.56 Å². The van der Waals surface area contributed by atoms with Gasteiger partial charge in [0.2, 0.25) is 0 Å². The predicted octanol–water partition coefficient (Wildman–Crippen LogP) is 4.45. The fraction of sp³-hybridized carbons (Fsp3) is 0.0500. The molecule has 0 aliphatic rings. The van der Waals surface area contributed by atoms with E-state index in [0.717, 1.165) is 17.4 Å². The highest BCUT2D eigenvalue weighted by atomic mass is 19.1. The van der Waals surface area contributed by atoms with Gasteiger partial charge in [0.05, 0.1) is 11.3 Å². The maximum Gasteiger partial charge on any atom is 0.193 e. The first-order chi connectivity index (χ1) is 11.7. The number of pyridine rings is 1. The molecule has 0 bridgehead atoms. The topological polar surface area (TPSA) is 19.7 Å². The second-order valence-electron chi connectivity index (χ2n) is 5.75. The molecule has 0 radical (unpaired) electrons. The molecule has 4 heteroatoms. The molecule has 2 nitrogen and oxygen atoms in total. The molecule has 0 amide bonds. The number of aromatic amines is 1. The minimum absolute atomic E-state index is 0.0247. The number of halogens is 2. The quantitative estimate of drug-likeness (QED) is 0.538. The van der Waals surface area contributed by atoms with Crippen molar-refractivity contribution in [2.24, 2.45) is 0 Å². The maximum atomic E-state index is 14.0. The fourth-order valence-electron chi connectivity index (χ4n) is 2.90. The van der Waals surface area contributed by atoms with Crippen molar-refractivity contribution in [3.8, 4) is 11.3 Å². The van der Waals surface area contributed by atoms with Gasteiger partial charge in [-0.25, -0.2) is 8.78 Å². The number of rotatable bonds is 3. The summed E-state index contributed by atoms with van der Waals surface area (Å²) >= 11 is 0. The van der Waals surface area contributed by atoms with Gasteiger partial charge in [0.1, 0.15) is 17.2 Å². The van der Waals surface area contributed by atoms with Gasteiger partial charge in [-0.3, -0.25) is 0 Å². The molecule has 0 aliphatic heterocycles. The Morgan fingerprint density at radius 1 is 0.875 bits per heavy atom. The second-order valence-corrected chi connectivity index (χ2v) is 5.75. The van der Waals surface area contributed by atoms with Crippen molar-refractivity contribution in [3.63, 3.8) is 0 Å². The molecule has 24 heavy (non-hydrogen) atoms. The van der Waals surface area contributed by atoms with E-state index in [2.05, 4.69) is 17.1 Å². The lowest BCUT2D eigenvalue weighted by Crippen LogP contribution is -2.33. The van der Waals surface area contributed by atoms with E-state index in [9.17, 15) is 8.78 Å². The molecule has 0 atom stereocenters. The molecule has 0 unspecified atom stereocenters. The van der Waals surface area contributed by atoms with Crippen LogP contribution in [-0.2, 0) is 6.54 Å². The van der Waals surface area contributed by atoms with Gasteiger partial charge in [-0.05, 0) is 18.2 Å². The van der Waals surface area contributed by atoms with E-state index in [0.29, 0.717) is 5.69 Å². The van der Waals surface area contributed by atoms with E-state index in [-0.39, 0.29) is 5.56 Å². The summed E-state index contributed by atoms with van der Waals surface area (Å²) in [5, 5.41) is 0.914. The first-order valence-electron chi connectivity index (χ1n) is 7.71. The lowest BCUT2D eigenvalue weighted by atomic mass is 10.1. The normalized spacial score (nSPS) is 11.1. The molecule has 2 aromatic heterocycles. The standard InChI is InChI=1S/C20H14F2N2/c21-16-7-4-8-17(22)20(16)18-11-15-9-10-24(13-19(15)23-18)12-14-5-2-1-3-6-14/h1-11,13H,12H2/p+1. The summed E-state index contributed by atoms with van der Waals surface area (Å²) in [6, 6.07) is 17.7. The summed E-state index contributed by atoms with van der Waals surface area (Å²) < 4.78 is 30.0. The Morgan fingerprint density at radius 2 is 1.62 bits per heavy atom. The SMILES string of the molecule is Fc1cccc(F)c1-c1cc2cc[n+](Cc3ccccc3)cc2[nH]1. The molecule has 0 fully saturated rings. The van der Waals surface area contributed by atoms with Crippen molar-refractivity contribution in [1.29, 1.82) is 0 Å². The van der Waals surface area contributed by atoms with Crippen LogP contribution in [0.15, 0.2) is 73.1 Å². The number of aromatic nitrogens is 2. The highest BCUT2D eigenvalue weighted by Gasteiger charge is 2.15.